The average molecular weight is 258 g/mol. The third-order valence-electron chi connectivity index (χ3n) is 4.06. The summed E-state index contributed by atoms with van der Waals surface area (Å²) in [5.74, 6) is 0.802. The van der Waals surface area contributed by atoms with Crippen LogP contribution in [0.25, 0.3) is 0 Å². The van der Waals surface area contributed by atoms with Crippen LogP contribution in [0.15, 0.2) is 24.4 Å². The summed E-state index contributed by atoms with van der Waals surface area (Å²) in [4.78, 5) is 4.29. The van der Waals surface area contributed by atoms with Crippen LogP contribution in [0.1, 0.15) is 38.3 Å². The second kappa shape index (κ2) is 7.25. The Labute approximate surface area is 115 Å². The Balaban J connectivity index is 1.81. The normalized spacial score (nSPS) is 26.8. The first-order valence-electron chi connectivity index (χ1n) is 7.24. The molecule has 0 radical (unpaired) electrons. The molecule has 1 aromatic heterocycles. The molecule has 3 heteroatoms. The Hall–Kier alpha value is -1.40. The molecule has 0 amide bonds. The van der Waals surface area contributed by atoms with Crippen molar-refractivity contribution in [3.8, 4) is 6.07 Å². The molecule has 0 saturated heterocycles. The van der Waals surface area contributed by atoms with E-state index in [1.807, 2.05) is 18.2 Å². The van der Waals surface area contributed by atoms with Crippen LogP contribution >= 0.6 is 0 Å². The number of nitrogens with zero attached hydrogens (tertiary/aromatic N) is 2. The number of hydrogen-bond acceptors (Lipinski definition) is 3. The number of rotatable bonds is 5. The van der Waals surface area contributed by atoms with E-state index in [0.717, 1.165) is 30.9 Å². The van der Waals surface area contributed by atoms with E-state index in [9.17, 15) is 5.26 Å². The predicted molar refractivity (Wildman–Crippen MR) is 74.4 cm³/mol. The van der Waals surface area contributed by atoms with Gasteiger partial charge in [0.25, 0.3) is 0 Å². The molecular formula is C16H22N2O. The zero-order valence-corrected chi connectivity index (χ0v) is 11.6. The number of hydrogen-bond donors (Lipinski definition) is 0. The highest BCUT2D eigenvalue weighted by Crippen LogP contribution is 2.32. The van der Waals surface area contributed by atoms with Crippen molar-refractivity contribution in [2.75, 3.05) is 6.61 Å². The summed E-state index contributed by atoms with van der Waals surface area (Å²) in [7, 11) is 0. The number of ether oxygens (including phenoxy) is 1. The van der Waals surface area contributed by atoms with Gasteiger partial charge in [-0.25, -0.2) is 0 Å². The molecule has 1 aliphatic carbocycles. The third-order valence-corrected chi connectivity index (χ3v) is 4.06. The van der Waals surface area contributed by atoms with Gasteiger partial charge in [-0.05, 0) is 37.3 Å². The molecule has 0 spiro atoms. The highest BCUT2D eigenvalue weighted by Gasteiger charge is 2.30. The fourth-order valence-electron chi connectivity index (χ4n) is 2.78. The van der Waals surface area contributed by atoms with Crippen LogP contribution in [0.4, 0.5) is 0 Å². The van der Waals surface area contributed by atoms with Crippen LogP contribution in [-0.4, -0.2) is 17.7 Å². The molecule has 2 rings (SSSR count). The van der Waals surface area contributed by atoms with Gasteiger partial charge in [-0.1, -0.05) is 19.4 Å². The van der Waals surface area contributed by atoms with Gasteiger partial charge in [-0.3, -0.25) is 4.98 Å². The van der Waals surface area contributed by atoms with Gasteiger partial charge in [0.05, 0.1) is 24.7 Å². The predicted octanol–water partition coefficient (Wildman–Crippen LogP) is 3.36. The first kappa shape index (κ1) is 14.0. The largest absolute Gasteiger partial charge is 0.376 e. The molecule has 1 aromatic rings. The van der Waals surface area contributed by atoms with E-state index >= 15 is 0 Å². The molecule has 3 unspecified atom stereocenters. The van der Waals surface area contributed by atoms with E-state index in [2.05, 4.69) is 18.0 Å². The van der Waals surface area contributed by atoms with Crippen LogP contribution in [0.3, 0.4) is 0 Å². The fourth-order valence-corrected chi connectivity index (χ4v) is 2.78. The van der Waals surface area contributed by atoms with Gasteiger partial charge >= 0.3 is 0 Å². The molecule has 1 fully saturated rings. The van der Waals surface area contributed by atoms with Crippen molar-refractivity contribution >= 4 is 0 Å². The van der Waals surface area contributed by atoms with Crippen molar-refractivity contribution in [2.45, 2.75) is 45.1 Å². The van der Waals surface area contributed by atoms with Gasteiger partial charge in [0.15, 0.2) is 0 Å². The van der Waals surface area contributed by atoms with Crippen LogP contribution in [-0.2, 0) is 11.2 Å². The third kappa shape index (κ3) is 4.04. The zero-order valence-electron chi connectivity index (χ0n) is 11.6. The van der Waals surface area contributed by atoms with Crippen molar-refractivity contribution in [3.63, 3.8) is 0 Å². The van der Waals surface area contributed by atoms with E-state index in [1.54, 1.807) is 6.20 Å². The summed E-state index contributed by atoms with van der Waals surface area (Å²) in [6, 6.07) is 8.34. The molecule has 0 aliphatic heterocycles. The molecular weight excluding hydrogens is 236 g/mol. The Bertz CT molecular complexity index is 413. The van der Waals surface area contributed by atoms with Crippen molar-refractivity contribution in [1.82, 2.24) is 4.98 Å². The maximum absolute atomic E-state index is 9.19. The summed E-state index contributed by atoms with van der Waals surface area (Å²) in [6.45, 7) is 2.89. The fraction of sp³-hybridized carbons (Fsp3) is 0.625. The number of pyridine rings is 1. The molecule has 0 N–H and O–H groups in total. The van der Waals surface area contributed by atoms with Crippen molar-refractivity contribution < 1.29 is 4.74 Å². The minimum absolute atomic E-state index is 0.0755. The molecule has 3 nitrogen and oxygen atoms in total. The maximum atomic E-state index is 9.19. The second-order valence-corrected chi connectivity index (χ2v) is 5.30. The van der Waals surface area contributed by atoms with Crippen molar-refractivity contribution in [2.24, 2.45) is 11.8 Å². The molecule has 1 heterocycles. The highest BCUT2D eigenvalue weighted by atomic mass is 16.5. The minimum atomic E-state index is 0.0755. The summed E-state index contributed by atoms with van der Waals surface area (Å²) < 4.78 is 5.96. The number of aromatic nitrogens is 1. The van der Waals surface area contributed by atoms with Crippen LogP contribution < -0.4 is 0 Å². The molecule has 0 aromatic carbocycles. The molecule has 1 saturated carbocycles. The van der Waals surface area contributed by atoms with Crippen molar-refractivity contribution in [3.05, 3.63) is 30.1 Å². The summed E-state index contributed by atoms with van der Waals surface area (Å²) >= 11 is 0. The standard InChI is InChI=1S/C16H22N2O/c1-2-13-6-7-14(12-17)16(11-13)19-10-8-15-5-3-4-9-18-15/h3-5,9,13-14,16H,2,6-8,10-11H2,1H3. The first-order chi connectivity index (χ1) is 9.33. The lowest BCUT2D eigenvalue weighted by atomic mass is 9.79. The van der Waals surface area contributed by atoms with E-state index < -0.39 is 0 Å². The molecule has 0 bridgehead atoms. The minimum Gasteiger partial charge on any atom is -0.376 e. The summed E-state index contributed by atoms with van der Waals surface area (Å²) in [5, 5.41) is 9.19. The van der Waals surface area contributed by atoms with E-state index in [1.165, 1.54) is 12.8 Å². The molecule has 102 valence electrons. The van der Waals surface area contributed by atoms with E-state index in [4.69, 9.17) is 4.74 Å². The lowest BCUT2D eigenvalue weighted by molar-refractivity contribution is -0.00878. The van der Waals surface area contributed by atoms with Gasteiger partial charge in [0.2, 0.25) is 0 Å². The molecule has 1 aliphatic rings. The smallest absolute Gasteiger partial charge is 0.0736 e. The highest BCUT2D eigenvalue weighted by molar-refractivity contribution is 5.03. The molecule has 3 atom stereocenters. The van der Waals surface area contributed by atoms with Crippen molar-refractivity contribution in [1.29, 1.82) is 5.26 Å². The zero-order chi connectivity index (χ0) is 13.5. The van der Waals surface area contributed by atoms with E-state index in [-0.39, 0.29) is 12.0 Å². The Kier molecular flexibility index (Phi) is 5.35. The van der Waals surface area contributed by atoms with Crippen LogP contribution in [0.2, 0.25) is 0 Å². The van der Waals surface area contributed by atoms with Gasteiger partial charge < -0.3 is 4.74 Å². The van der Waals surface area contributed by atoms with Gasteiger partial charge in [-0.2, -0.15) is 5.26 Å². The summed E-state index contributed by atoms with van der Waals surface area (Å²) in [5.41, 5.74) is 1.05. The molecule has 19 heavy (non-hydrogen) atoms. The SMILES string of the molecule is CCC1CCC(C#N)C(OCCc2ccccn2)C1. The number of nitriles is 1. The quantitative estimate of drug-likeness (QED) is 0.813. The van der Waals surface area contributed by atoms with Crippen LogP contribution in [0.5, 0.6) is 0 Å². The lowest BCUT2D eigenvalue weighted by Crippen LogP contribution is -2.31. The van der Waals surface area contributed by atoms with Crippen LogP contribution in [0, 0.1) is 23.2 Å². The first-order valence-corrected chi connectivity index (χ1v) is 7.24. The van der Waals surface area contributed by atoms with Gasteiger partial charge in [-0.15, -0.1) is 0 Å². The monoisotopic (exact) mass is 258 g/mol. The Morgan fingerprint density at radius 2 is 2.32 bits per heavy atom. The Morgan fingerprint density at radius 3 is 3.00 bits per heavy atom. The van der Waals surface area contributed by atoms with Gasteiger partial charge in [0.1, 0.15) is 0 Å². The Morgan fingerprint density at radius 1 is 1.42 bits per heavy atom. The average Bonchev–Trinajstić information content (AvgIpc) is 2.48. The maximum Gasteiger partial charge on any atom is 0.0736 e. The van der Waals surface area contributed by atoms with Gasteiger partial charge in [0, 0.05) is 18.3 Å². The van der Waals surface area contributed by atoms with E-state index in [0.29, 0.717) is 6.61 Å². The topological polar surface area (TPSA) is 45.9 Å². The lowest BCUT2D eigenvalue weighted by Gasteiger charge is -2.32. The summed E-state index contributed by atoms with van der Waals surface area (Å²) in [6.07, 6.45) is 7.15. The second-order valence-electron chi connectivity index (χ2n) is 5.30.